The van der Waals surface area contributed by atoms with Crippen molar-refractivity contribution in [1.82, 2.24) is 4.98 Å². The molecule has 1 aliphatic rings. The van der Waals surface area contributed by atoms with E-state index in [1.54, 1.807) is 12.1 Å². The summed E-state index contributed by atoms with van der Waals surface area (Å²) in [5, 5.41) is 16.5. The predicted molar refractivity (Wildman–Crippen MR) is 90.1 cm³/mol. The van der Waals surface area contributed by atoms with Gasteiger partial charge in [-0.05, 0) is 24.3 Å². The van der Waals surface area contributed by atoms with Crippen molar-refractivity contribution in [2.24, 2.45) is 0 Å². The number of ether oxygens (including phenoxy) is 2. The quantitative estimate of drug-likeness (QED) is 0.565. The summed E-state index contributed by atoms with van der Waals surface area (Å²) in [5.41, 5.74) is 2.50. The van der Waals surface area contributed by atoms with Crippen LogP contribution in [0, 0.1) is 10.1 Å². The topological polar surface area (TPSA) is 86.5 Å². The fourth-order valence-electron chi connectivity index (χ4n) is 2.32. The highest BCUT2D eigenvalue weighted by atomic mass is 32.1. The van der Waals surface area contributed by atoms with Crippen molar-refractivity contribution in [2.45, 2.75) is 0 Å². The molecule has 8 heteroatoms. The van der Waals surface area contributed by atoms with Crippen molar-refractivity contribution in [3.63, 3.8) is 0 Å². The van der Waals surface area contributed by atoms with E-state index in [1.165, 1.54) is 23.5 Å². The molecule has 1 N–H and O–H groups in total. The molecule has 4 rings (SSSR count). The summed E-state index contributed by atoms with van der Waals surface area (Å²) < 4.78 is 10.6. The van der Waals surface area contributed by atoms with E-state index in [-0.39, 0.29) is 12.5 Å². The number of non-ortho nitro benzene ring substituents is 1. The van der Waals surface area contributed by atoms with Crippen molar-refractivity contribution in [1.29, 1.82) is 0 Å². The van der Waals surface area contributed by atoms with Gasteiger partial charge < -0.3 is 14.8 Å². The van der Waals surface area contributed by atoms with Crippen molar-refractivity contribution in [3.8, 4) is 22.8 Å². The van der Waals surface area contributed by atoms with Crippen molar-refractivity contribution >= 4 is 27.8 Å². The van der Waals surface area contributed by atoms with E-state index in [2.05, 4.69) is 10.3 Å². The van der Waals surface area contributed by atoms with E-state index >= 15 is 0 Å². The van der Waals surface area contributed by atoms with Crippen LogP contribution in [0.3, 0.4) is 0 Å². The smallest absolute Gasteiger partial charge is 0.269 e. The van der Waals surface area contributed by atoms with Gasteiger partial charge in [-0.25, -0.2) is 4.98 Å². The number of hydrogen-bond donors (Lipinski definition) is 1. The Balaban J connectivity index is 1.53. The van der Waals surface area contributed by atoms with Crippen molar-refractivity contribution < 1.29 is 14.4 Å². The molecule has 2 heterocycles. The number of thiazole rings is 1. The van der Waals surface area contributed by atoms with Crippen LogP contribution >= 0.6 is 11.3 Å². The molecule has 24 heavy (non-hydrogen) atoms. The number of anilines is 2. The molecule has 1 aromatic heterocycles. The van der Waals surface area contributed by atoms with E-state index in [0.29, 0.717) is 5.75 Å². The van der Waals surface area contributed by atoms with E-state index < -0.39 is 4.92 Å². The molecule has 0 saturated heterocycles. The van der Waals surface area contributed by atoms with Crippen LogP contribution in [0.25, 0.3) is 11.3 Å². The number of benzene rings is 2. The molecule has 0 aliphatic carbocycles. The summed E-state index contributed by atoms with van der Waals surface area (Å²) in [4.78, 5) is 14.8. The number of fused-ring (bicyclic) bond motifs is 1. The van der Waals surface area contributed by atoms with Gasteiger partial charge in [-0.2, -0.15) is 0 Å². The van der Waals surface area contributed by atoms with Gasteiger partial charge in [0, 0.05) is 34.8 Å². The van der Waals surface area contributed by atoms with Gasteiger partial charge in [0.25, 0.3) is 5.69 Å². The third kappa shape index (κ3) is 2.74. The molecule has 0 radical (unpaired) electrons. The minimum atomic E-state index is -0.419. The van der Waals surface area contributed by atoms with Gasteiger partial charge in [-0.3, -0.25) is 10.1 Å². The molecule has 0 spiro atoms. The maximum atomic E-state index is 10.7. The average molecular weight is 341 g/mol. The minimum absolute atomic E-state index is 0.0627. The number of rotatable bonds is 4. The Morgan fingerprint density at radius 1 is 1.12 bits per heavy atom. The van der Waals surface area contributed by atoms with Crippen molar-refractivity contribution in [3.05, 3.63) is 58.0 Å². The largest absolute Gasteiger partial charge is 0.454 e. The van der Waals surface area contributed by atoms with Gasteiger partial charge >= 0.3 is 0 Å². The van der Waals surface area contributed by atoms with Crippen LogP contribution in [0.4, 0.5) is 16.5 Å². The lowest BCUT2D eigenvalue weighted by Crippen LogP contribution is -1.93. The van der Waals surface area contributed by atoms with Crippen LogP contribution in [-0.2, 0) is 0 Å². The van der Waals surface area contributed by atoms with Crippen molar-refractivity contribution in [2.75, 3.05) is 12.1 Å². The van der Waals surface area contributed by atoms with E-state index in [0.717, 1.165) is 27.8 Å². The fourth-order valence-corrected chi connectivity index (χ4v) is 3.06. The zero-order chi connectivity index (χ0) is 16.5. The Hall–Kier alpha value is -3.13. The van der Waals surface area contributed by atoms with Gasteiger partial charge in [0.2, 0.25) is 6.79 Å². The van der Waals surface area contributed by atoms with Gasteiger partial charge in [0.05, 0.1) is 10.6 Å². The second-order valence-corrected chi connectivity index (χ2v) is 5.89. The number of nitrogens with zero attached hydrogens (tertiary/aromatic N) is 2. The van der Waals surface area contributed by atoms with E-state index in [1.807, 2.05) is 23.6 Å². The molecule has 1 aliphatic heterocycles. The highest BCUT2D eigenvalue weighted by Gasteiger charge is 2.14. The summed E-state index contributed by atoms with van der Waals surface area (Å²) in [6.07, 6.45) is 0. The lowest BCUT2D eigenvalue weighted by atomic mass is 10.1. The first kappa shape index (κ1) is 14.5. The molecular formula is C16H11N3O4S. The normalized spacial score (nSPS) is 12.2. The molecule has 0 saturated carbocycles. The van der Waals surface area contributed by atoms with Crippen LogP contribution in [-0.4, -0.2) is 16.7 Å². The highest BCUT2D eigenvalue weighted by Crippen LogP contribution is 2.36. The Morgan fingerprint density at radius 2 is 1.92 bits per heavy atom. The van der Waals surface area contributed by atoms with Crippen LogP contribution in [0.5, 0.6) is 11.5 Å². The lowest BCUT2D eigenvalue weighted by molar-refractivity contribution is -0.384. The zero-order valence-electron chi connectivity index (χ0n) is 12.3. The summed E-state index contributed by atoms with van der Waals surface area (Å²) >= 11 is 1.45. The van der Waals surface area contributed by atoms with Gasteiger partial charge in [-0.15, -0.1) is 11.3 Å². The second kappa shape index (κ2) is 5.82. The van der Waals surface area contributed by atoms with Gasteiger partial charge in [0.15, 0.2) is 16.6 Å². The fraction of sp³-hybridized carbons (Fsp3) is 0.0625. The van der Waals surface area contributed by atoms with E-state index in [9.17, 15) is 10.1 Å². The first-order valence-corrected chi connectivity index (χ1v) is 7.94. The number of hydrogen-bond acceptors (Lipinski definition) is 7. The number of nitrogens with one attached hydrogen (secondary N) is 1. The monoisotopic (exact) mass is 341 g/mol. The average Bonchev–Trinajstić information content (AvgIpc) is 3.24. The van der Waals surface area contributed by atoms with E-state index in [4.69, 9.17) is 9.47 Å². The third-order valence-corrected chi connectivity index (χ3v) is 4.26. The Kier molecular flexibility index (Phi) is 3.51. The first-order chi connectivity index (χ1) is 11.7. The first-order valence-electron chi connectivity index (χ1n) is 7.06. The third-order valence-electron chi connectivity index (χ3n) is 3.50. The molecule has 0 unspecified atom stereocenters. The molecule has 3 aromatic rings. The van der Waals surface area contributed by atoms with Gasteiger partial charge in [-0.1, -0.05) is 0 Å². The minimum Gasteiger partial charge on any atom is -0.454 e. The molecule has 0 amide bonds. The number of nitro groups is 1. The zero-order valence-corrected chi connectivity index (χ0v) is 13.1. The molecular weight excluding hydrogens is 330 g/mol. The number of nitro benzene ring substituents is 1. The maximum absolute atomic E-state index is 10.7. The van der Waals surface area contributed by atoms with Crippen LogP contribution < -0.4 is 14.8 Å². The van der Waals surface area contributed by atoms with Crippen LogP contribution in [0.15, 0.2) is 47.8 Å². The predicted octanol–water partition coefficient (Wildman–Crippen LogP) is 4.19. The van der Waals surface area contributed by atoms with Crippen LogP contribution in [0.2, 0.25) is 0 Å². The SMILES string of the molecule is O=[N+]([O-])c1ccc(-c2csc(Nc3ccc4c(c3)OCO4)n2)cc1. The molecule has 0 fully saturated rings. The highest BCUT2D eigenvalue weighted by molar-refractivity contribution is 7.14. The second-order valence-electron chi connectivity index (χ2n) is 5.03. The molecule has 7 nitrogen and oxygen atoms in total. The molecule has 2 aromatic carbocycles. The maximum Gasteiger partial charge on any atom is 0.269 e. The standard InChI is InChI=1S/C16H11N3O4S/c20-19(21)12-4-1-10(2-5-12)13-8-24-16(18-13)17-11-3-6-14-15(7-11)23-9-22-14/h1-8H,9H2,(H,17,18). The Labute approximate surface area is 140 Å². The molecule has 0 atom stereocenters. The summed E-state index contributed by atoms with van der Waals surface area (Å²) in [6, 6.07) is 11.9. The summed E-state index contributed by atoms with van der Waals surface area (Å²) in [6.45, 7) is 0.236. The number of aromatic nitrogens is 1. The molecule has 0 bridgehead atoms. The summed E-state index contributed by atoms with van der Waals surface area (Å²) in [7, 11) is 0. The Morgan fingerprint density at radius 3 is 2.71 bits per heavy atom. The Bertz CT molecular complexity index is 908. The van der Waals surface area contributed by atoms with Crippen LogP contribution in [0.1, 0.15) is 0 Å². The lowest BCUT2D eigenvalue weighted by Gasteiger charge is -2.03. The van der Waals surface area contributed by atoms with Gasteiger partial charge in [0.1, 0.15) is 0 Å². The molecule has 120 valence electrons. The summed E-state index contributed by atoms with van der Waals surface area (Å²) in [5.74, 6) is 1.43.